The second kappa shape index (κ2) is 8.81. The first-order valence-corrected chi connectivity index (χ1v) is 10.1. The van der Waals surface area contributed by atoms with Crippen LogP contribution in [0.2, 0.25) is 0 Å². The standard InChI is InChI=1S/C22H18I2/c23-21-12-8-17(9-13-21)4-6-19-2-1-3-20(16-19)7-5-18-10-14-22(24)15-11-18/h1-15,19H,16H2/b6-4+,7-5+. The van der Waals surface area contributed by atoms with Gasteiger partial charge in [-0.25, -0.2) is 0 Å². The predicted octanol–water partition coefficient (Wildman–Crippen LogP) is 7.12. The van der Waals surface area contributed by atoms with E-state index in [0.29, 0.717) is 5.92 Å². The fraction of sp³-hybridized carbons (Fsp3) is 0.0909. The van der Waals surface area contributed by atoms with Crippen LogP contribution in [-0.4, -0.2) is 0 Å². The third-order valence-corrected chi connectivity index (χ3v) is 5.34. The van der Waals surface area contributed by atoms with Gasteiger partial charge >= 0.3 is 0 Å². The molecule has 0 fully saturated rings. The van der Waals surface area contributed by atoms with Crippen molar-refractivity contribution in [3.05, 3.63) is 103 Å². The van der Waals surface area contributed by atoms with E-state index >= 15 is 0 Å². The predicted molar refractivity (Wildman–Crippen MR) is 122 cm³/mol. The van der Waals surface area contributed by atoms with Crippen LogP contribution in [-0.2, 0) is 0 Å². The Kier molecular flexibility index (Phi) is 6.49. The molecule has 1 aliphatic carbocycles. The minimum Gasteiger partial charge on any atom is -0.0773 e. The molecule has 0 saturated heterocycles. The molecule has 0 spiro atoms. The molecule has 2 aromatic rings. The van der Waals surface area contributed by atoms with E-state index < -0.39 is 0 Å². The van der Waals surface area contributed by atoms with Crippen LogP contribution in [0.5, 0.6) is 0 Å². The number of hydrogen-bond acceptors (Lipinski definition) is 0. The van der Waals surface area contributed by atoms with Crippen molar-refractivity contribution in [3.63, 3.8) is 0 Å². The summed E-state index contributed by atoms with van der Waals surface area (Å²) in [5.74, 6) is 0.464. The highest BCUT2D eigenvalue weighted by Gasteiger charge is 2.06. The fourth-order valence-corrected chi connectivity index (χ4v) is 3.29. The molecule has 0 N–H and O–H groups in total. The van der Waals surface area contributed by atoms with Crippen LogP contribution < -0.4 is 0 Å². The Balaban J connectivity index is 1.62. The zero-order chi connectivity index (χ0) is 16.8. The van der Waals surface area contributed by atoms with Crippen molar-refractivity contribution in [1.29, 1.82) is 0 Å². The average molecular weight is 536 g/mol. The Labute approximate surface area is 171 Å². The lowest BCUT2D eigenvalue weighted by atomic mass is 9.93. The lowest BCUT2D eigenvalue weighted by molar-refractivity contribution is 0.802. The Morgan fingerprint density at radius 2 is 1.33 bits per heavy atom. The van der Waals surface area contributed by atoms with Crippen LogP contribution in [0.3, 0.4) is 0 Å². The molecule has 0 saturated carbocycles. The van der Waals surface area contributed by atoms with Gasteiger partial charge in [-0.1, -0.05) is 66.8 Å². The van der Waals surface area contributed by atoms with Crippen molar-refractivity contribution >= 4 is 57.3 Å². The SMILES string of the molecule is Ic1ccc(/C=C/C2=CC=CC(/C=C/c3ccc(I)cc3)C2)cc1. The molecule has 0 aromatic heterocycles. The smallest absolute Gasteiger partial charge is 0.0130 e. The molecule has 0 bridgehead atoms. The first-order valence-electron chi connectivity index (χ1n) is 7.94. The molecule has 3 rings (SSSR count). The summed E-state index contributed by atoms with van der Waals surface area (Å²) in [4.78, 5) is 0. The van der Waals surface area contributed by atoms with E-state index in [0.717, 1.165) is 6.42 Å². The van der Waals surface area contributed by atoms with Crippen LogP contribution in [0.25, 0.3) is 12.2 Å². The largest absolute Gasteiger partial charge is 0.0773 e. The van der Waals surface area contributed by atoms with E-state index in [9.17, 15) is 0 Å². The van der Waals surface area contributed by atoms with E-state index in [1.165, 1.54) is 23.8 Å². The van der Waals surface area contributed by atoms with E-state index in [2.05, 4.69) is 136 Å². The van der Waals surface area contributed by atoms with Gasteiger partial charge in [-0.05, 0) is 98.5 Å². The van der Waals surface area contributed by atoms with Crippen LogP contribution in [0.15, 0.2) is 84.5 Å². The second-order valence-corrected chi connectivity index (χ2v) is 8.28. The molecular weight excluding hydrogens is 518 g/mol. The molecule has 0 amide bonds. The zero-order valence-corrected chi connectivity index (χ0v) is 17.5. The van der Waals surface area contributed by atoms with Crippen LogP contribution in [0, 0.1) is 13.1 Å². The Bertz CT molecular complexity index is 791. The second-order valence-electron chi connectivity index (χ2n) is 5.79. The molecule has 120 valence electrons. The van der Waals surface area contributed by atoms with Crippen molar-refractivity contribution in [2.24, 2.45) is 5.92 Å². The molecule has 24 heavy (non-hydrogen) atoms. The number of halogens is 2. The molecule has 0 nitrogen and oxygen atoms in total. The fourth-order valence-electron chi connectivity index (χ4n) is 2.57. The van der Waals surface area contributed by atoms with Crippen molar-refractivity contribution in [2.45, 2.75) is 6.42 Å². The van der Waals surface area contributed by atoms with E-state index in [1.807, 2.05) is 0 Å². The molecule has 1 unspecified atom stereocenters. The van der Waals surface area contributed by atoms with Gasteiger partial charge in [0.1, 0.15) is 0 Å². The molecule has 0 heterocycles. The maximum Gasteiger partial charge on any atom is 0.0130 e. The minimum absolute atomic E-state index is 0.464. The summed E-state index contributed by atoms with van der Waals surface area (Å²) in [6.07, 6.45) is 16.6. The molecule has 1 aliphatic rings. The van der Waals surface area contributed by atoms with Gasteiger partial charge in [-0.3, -0.25) is 0 Å². The number of allylic oxidation sites excluding steroid dienone is 6. The van der Waals surface area contributed by atoms with Crippen molar-refractivity contribution in [1.82, 2.24) is 0 Å². The summed E-state index contributed by atoms with van der Waals surface area (Å²) >= 11 is 4.67. The Morgan fingerprint density at radius 1 is 0.750 bits per heavy atom. The lowest BCUT2D eigenvalue weighted by Gasteiger charge is -2.12. The van der Waals surface area contributed by atoms with Crippen molar-refractivity contribution < 1.29 is 0 Å². The monoisotopic (exact) mass is 536 g/mol. The van der Waals surface area contributed by atoms with Crippen LogP contribution in [0.4, 0.5) is 0 Å². The third kappa shape index (κ3) is 5.45. The number of benzene rings is 2. The van der Waals surface area contributed by atoms with Gasteiger partial charge in [-0.2, -0.15) is 0 Å². The molecule has 0 aliphatic heterocycles. The van der Waals surface area contributed by atoms with Crippen molar-refractivity contribution in [2.75, 3.05) is 0 Å². The summed E-state index contributed by atoms with van der Waals surface area (Å²) in [6, 6.07) is 17.2. The van der Waals surface area contributed by atoms with Crippen molar-refractivity contribution in [3.8, 4) is 0 Å². The Hall–Kier alpha value is -1.14. The Morgan fingerprint density at radius 3 is 1.96 bits per heavy atom. The topological polar surface area (TPSA) is 0 Å². The lowest BCUT2D eigenvalue weighted by Crippen LogP contribution is -1.97. The van der Waals surface area contributed by atoms with Gasteiger partial charge < -0.3 is 0 Å². The molecule has 0 radical (unpaired) electrons. The average Bonchev–Trinajstić information content (AvgIpc) is 2.61. The minimum atomic E-state index is 0.464. The van der Waals surface area contributed by atoms with Gasteiger partial charge in [0.05, 0.1) is 0 Å². The summed E-state index contributed by atoms with van der Waals surface area (Å²) in [6.45, 7) is 0. The van der Waals surface area contributed by atoms with Gasteiger partial charge in [0.15, 0.2) is 0 Å². The summed E-state index contributed by atoms with van der Waals surface area (Å²) < 4.78 is 2.54. The highest BCUT2D eigenvalue weighted by molar-refractivity contribution is 14.1. The maximum atomic E-state index is 2.34. The first kappa shape index (κ1) is 17.7. The summed E-state index contributed by atoms with van der Waals surface area (Å²) in [7, 11) is 0. The van der Waals surface area contributed by atoms with Crippen LogP contribution in [0.1, 0.15) is 17.5 Å². The maximum absolute atomic E-state index is 2.34. The quantitative estimate of drug-likeness (QED) is 0.365. The molecule has 2 aromatic carbocycles. The summed E-state index contributed by atoms with van der Waals surface area (Å²) in [5, 5.41) is 0. The first-order chi connectivity index (χ1) is 11.7. The van der Waals surface area contributed by atoms with Gasteiger partial charge in [0.2, 0.25) is 0 Å². The van der Waals surface area contributed by atoms with Crippen LogP contribution >= 0.6 is 45.2 Å². The third-order valence-electron chi connectivity index (χ3n) is 3.91. The van der Waals surface area contributed by atoms with Gasteiger partial charge in [0.25, 0.3) is 0 Å². The van der Waals surface area contributed by atoms with Gasteiger partial charge in [0, 0.05) is 7.14 Å². The molecule has 2 heteroatoms. The highest BCUT2D eigenvalue weighted by atomic mass is 127. The zero-order valence-electron chi connectivity index (χ0n) is 13.2. The normalized spacial score (nSPS) is 17.6. The van der Waals surface area contributed by atoms with Gasteiger partial charge in [-0.15, -0.1) is 0 Å². The van der Waals surface area contributed by atoms with E-state index in [-0.39, 0.29) is 0 Å². The number of hydrogen-bond donors (Lipinski definition) is 0. The summed E-state index contributed by atoms with van der Waals surface area (Å²) in [5.41, 5.74) is 3.87. The molecule has 1 atom stereocenters. The highest BCUT2D eigenvalue weighted by Crippen LogP contribution is 2.23. The number of rotatable bonds is 4. The molecular formula is C22H18I2. The van der Waals surface area contributed by atoms with E-state index in [4.69, 9.17) is 0 Å². The van der Waals surface area contributed by atoms with E-state index in [1.54, 1.807) is 0 Å².